The number of unbranched alkanes of at least 4 members (excludes halogenated alkanes) is 10. The highest BCUT2D eigenvalue weighted by molar-refractivity contribution is 4.68. The van der Waals surface area contributed by atoms with Gasteiger partial charge in [-0.2, -0.15) is 0 Å². The van der Waals surface area contributed by atoms with E-state index >= 15 is 0 Å². The Balaban J connectivity index is 3.04. The van der Waals surface area contributed by atoms with Gasteiger partial charge in [-0.1, -0.05) is 97.0 Å². The Morgan fingerprint density at radius 2 is 1.21 bits per heavy atom. The lowest BCUT2D eigenvalue weighted by Gasteiger charge is -2.09. The van der Waals surface area contributed by atoms with E-state index < -0.39 is 0 Å². The molecule has 0 aliphatic rings. The van der Waals surface area contributed by atoms with E-state index in [1.54, 1.807) is 0 Å². The summed E-state index contributed by atoms with van der Waals surface area (Å²) in [6, 6.07) is 0. The Morgan fingerprint density at radius 3 is 1.68 bits per heavy atom. The zero-order valence-electron chi connectivity index (χ0n) is 13.8. The van der Waals surface area contributed by atoms with Crippen LogP contribution in [0.1, 0.15) is 104 Å². The van der Waals surface area contributed by atoms with Crippen LogP contribution < -0.4 is 0 Å². The second kappa shape index (κ2) is 15.8. The summed E-state index contributed by atoms with van der Waals surface area (Å²) in [5.74, 6) is 0.900. The average Bonchev–Trinajstić information content (AvgIpc) is 2.42. The summed E-state index contributed by atoms with van der Waals surface area (Å²) < 4.78 is 0. The fourth-order valence-electron chi connectivity index (χ4n) is 2.70. The molecule has 1 unspecified atom stereocenters. The Kier molecular flexibility index (Phi) is 15.6. The molecule has 0 bridgehead atoms. The summed E-state index contributed by atoms with van der Waals surface area (Å²) in [7, 11) is 0. The van der Waals surface area contributed by atoms with Gasteiger partial charge in [0, 0.05) is 0 Å². The third-order valence-corrected chi connectivity index (χ3v) is 4.16. The van der Waals surface area contributed by atoms with E-state index in [1.165, 1.54) is 89.9 Å². The van der Waals surface area contributed by atoms with Gasteiger partial charge in [0.25, 0.3) is 0 Å². The first kappa shape index (κ1) is 18.7. The van der Waals surface area contributed by atoms with Gasteiger partial charge in [0.2, 0.25) is 0 Å². The third kappa shape index (κ3) is 15.7. The molecule has 0 saturated heterocycles. The van der Waals surface area contributed by atoms with Crippen LogP contribution >= 0.6 is 0 Å². The van der Waals surface area contributed by atoms with Crippen molar-refractivity contribution in [3.63, 3.8) is 0 Å². The first-order valence-corrected chi connectivity index (χ1v) is 8.92. The van der Waals surface area contributed by atoms with Crippen molar-refractivity contribution in [1.29, 1.82) is 0 Å². The topological polar surface area (TPSA) is 0 Å². The van der Waals surface area contributed by atoms with Gasteiger partial charge in [-0.25, -0.2) is 0 Å². The summed E-state index contributed by atoms with van der Waals surface area (Å²) in [6.07, 6.45) is 22.0. The fourth-order valence-corrected chi connectivity index (χ4v) is 2.70. The molecule has 0 fully saturated rings. The zero-order valence-corrected chi connectivity index (χ0v) is 13.8. The van der Waals surface area contributed by atoms with Gasteiger partial charge in [-0.15, -0.1) is 6.58 Å². The normalized spacial score (nSPS) is 12.5. The van der Waals surface area contributed by atoms with Crippen molar-refractivity contribution < 1.29 is 0 Å². The number of allylic oxidation sites excluding steroid dienone is 1. The van der Waals surface area contributed by atoms with Crippen LogP contribution in [0, 0.1) is 5.92 Å². The molecule has 0 aromatic carbocycles. The van der Waals surface area contributed by atoms with Crippen molar-refractivity contribution in [2.75, 3.05) is 0 Å². The molecule has 0 heterocycles. The van der Waals surface area contributed by atoms with Gasteiger partial charge in [0.15, 0.2) is 0 Å². The summed E-state index contributed by atoms with van der Waals surface area (Å²) in [6.45, 7) is 8.47. The third-order valence-electron chi connectivity index (χ3n) is 4.16. The largest absolute Gasteiger partial charge is 0.103 e. The molecule has 0 aliphatic carbocycles. The van der Waals surface area contributed by atoms with Crippen molar-refractivity contribution in [3.8, 4) is 0 Å². The van der Waals surface area contributed by atoms with E-state index in [-0.39, 0.29) is 0 Å². The lowest BCUT2D eigenvalue weighted by Crippen LogP contribution is -1.93. The molecule has 0 N–H and O–H groups in total. The minimum Gasteiger partial charge on any atom is -0.103 e. The number of rotatable bonds is 15. The maximum Gasteiger partial charge on any atom is -0.0351 e. The standard InChI is InChI=1S/C19H38/c1-4-6-8-9-10-11-12-13-14-15-16-18-19(3)17-7-5-2/h5,19H,2,4,6-18H2,1,3H3. The van der Waals surface area contributed by atoms with Crippen molar-refractivity contribution in [2.24, 2.45) is 5.92 Å². The lowest BCUT2D eigenvalue weighted by molar-refractivity contribution is 0.457. The van der Waals surface area contributed by atoms with Crippen LogP contribution in [0.25, 0.3) is 0 Å². The van der Waals surface area contributed by atoms with Gasteiger partial charge in [0.05, 0.1) is 0 Å². The van der Waals surface area contributed by atoms with Crippen molar-refractivity contribution in [1.82, 2.24) is 0 Å². The van der Waals surface area contributed by atoms with Gasteiger partial charge < -0.3 is 0 Å². The molecule has 0 heteroatoms. The van der Waals surface area contributed by atoms with Crippen LogP contribution in [0.5, 0.6) is 0 Å². The molecule has 0 saturated carbocycles. The Labute approximate surface area is 123 Å². The fraction of sp³-hybridized carbons (Fsp3) is 0.895. The molecule has 0 aromatic rings. The second-order valence-corrected chi connectivity index (χ2v) is 6.30. The monoisotopic (exact) mass is 266 g/mol. The maximum atomic E-state index is 3.79. The molecule has 1 atom stereocenters. The van der Waals surface area contributed by atoms with E-state index in [1.807, 2.05) is 0 Å². The van der Waals surface area contributed by atoms with Crippen LogP contribution in [0.15, 0.2) is 12.7 Å². The van der Waals surface area contributed by atoms with Crippen LogP contribution in [-0.2, 0) is 0 Å². The maximum absolute atomic E-state index is 3.79. The molecule has 114 valence electrons. The molecule has 0 radical (unpaired) electrons. The highest BCUT2D eigenvalue weighted by atomic mass is 14.1. The molecule has 0 rings (SSSR count). The van der Waals surface area contributed by atoms with Crippen molar-refractivity contribution in [3.05, 3.63) is 12.7 Å². The number of hydrogen-bond acceptors (Lipinski definition) is 0. The summed E-state index contributed by atoms with van der Waals surface area (Å²) in [4.78, 5) is 0. The molecule has 0 aromatic heterocycles. The molecule has 0 aliphatic heterocycles. The molecule has 0 amide bonds. The van der Waals surface area contributed by atoms with Gasteiger partial charge in [0.1, 0.15) is 0 Å². The van der Waals surface area contributed by atoms with Gasteiger partial charge >= 0.3 is 0 Å². The summed E-state index contributed by atoms with van der Waals surface area (Å²) >= 11 is 0. The molecule has 0 spiro atoms. The minimum absolute atomic E-state index is 0.900. The van der Waals surface area contributed by atoms with Gasteiger partial charge in [-0.3, -0.25) is 0 Å². The minimum atomic E-state index is 0.900. The first-order valence-electron chi connectivity index (χ1n) is 8.92. The summed E-state index contributed by atoms with van der Waals surface area (Å²) in [5, 5.41) is 0. The van der Waals surface area contributed by atoms with E-state index in [0.717, 1.165) is 5.92 Å². The predicted octanol–water partition coefficient (Wildman–Crippen LogP) is 7.29. The zero-order chi connectivity index (χ0) is 14.2. The van der Waals surface area contributed by atoms with Crippen molar-refractivity contribution in [2.45, 2.75) is 104 Å². The smallest absolute Gasteiger partial charge is 0.0351 e. The quantitative estimate of drug-likeness (QED) is 0.216. The molecule has 19 heavy (non-hydrogen) atoms. The molecular formula is C19H38. The Morgan fingerprint density at radius 1 is 0.737 bits per heavy atom. The SMILES string of the molecule is C=CCCC(C)CCCCCCCCCCCCC. The number of hydrogen-bond donors (Lipinski definition) is 0. The molecular weight excluding hydrogens is 228 g/mol. The van der Waals surface area contributed by atoms with Crippen molar-refractivity contribution >= 4 is 0 Å². The van der Waals surface area contributed by atoms with Crippen LogP contribution in [0.2, 0.25) is 0 Å². The summed E-state index contributed by atoms with van der Waals surface area (Å²) in [5.41, 5.74) is 0. The first-order chi connectivity index (χ1) is 9.31. The average molecular weight is 267 g/mol. The van der Waals surface area contributed by atoms with Gasteiger partial charge in [-0.05, 0) is 18.8 Å². The van der Waals surface area contributed by atoms with Crippen LogP contribution in [-0.4, -0.2) is 0 Å². The Hall–Kier alpha value is -0.260. The van der Waals surface area contributed by atoms with Crippen LogP contribution in [0.3, 0.4) is 0 Å². The highest BCUT2D eigenvalue weighted by Gasteiger charge is 2.00. The van der Waals surface area contributed by atoms with Crippen LogP contribution in [0.4, 0.5) is 0 Å². The Bertz CT molecular complexity index is 171. The second-order valence-electron chi connectivity index (χ2n) is 6.30. The van der Waals surface area contributed by atoms with E-state index in [0.29, 0.717) is 0 Å². The lowest BCUT2D eigenvalue weighted by atomic mass is 9.97. The van der Waals surface area contributed by atoms with E-state index in [4.69, 9.17) is 0 Å². The predicted molar refractivity (Wildman–Crippen MR) is 89.7 cm³/mol. The highest BCUT2D eigenvalue weighted by Crippen LogP contribution is 2.16. The molecule has 0 nitrogen and oxygen atoms in total. The van der Waals surface area contributed by atoms with E-state index in [9.17, 15) is 0 Å². The van der Waals surface area contributed by atoms with E-state index in [2.05, 4.69) is 26.5 Å².